The van der Waals surface area contributed by atoms with E-state index in [0.717, 1.165) is 10.7 Å². The normalized spacial score (nSPS) is 10.1. The Balaban J connectivity index is 1.85. The van der Waals surface area contributed by atoms with Gasteiger partial charge < -0.3 is 16.4 Å². The summed E-state index contributed by atoms with van der Waals surface area (Å²) in [6.45, 7) is 2.35. The highest BCUT2D eigenvalue weighted by Gasteiger charge is 2.03. The van der Waals surface area contributed by atoms with Crippen LogP contribution in [0.15, 0.2) is 29.6 Å². The van der Waals surface area contributed by atoms with Gasteiger partial charge in [-0.05, 0) is 25.1 Å². The maximum Gasteiger partial charge on any atom is 0.319 e. The summed E-state index contributed by atoms with van der Waals surface area (Å²) in [7, 11) is 0. The molecule has 2 amide bonds. The molecule has 0 saturated heterocycles. The molecule has 0 spiro atoms. The van der Waals surface area contributed by atoms with E-state index in [1.54, 1.807) is 24.3 Å². The van der Waals surface area contributed by atoms with Gasteiger partial charge in [-0.15, -0.1) is 11.3 Å². The molecule has 1 aromatic heterocycles. The monoisotopic (exact) mass is 262 g/mol. The Morgan fingerprint density at radius 3 is 3.00 bits per heavy atom. The lowest BCUT2D eigenvalue weighted by Gasteiger charge is -2.06. The molecule has 0 atom stereocenters. The fourth-order valence-corrected chi connectivity index (χ4v) is 2.14. The van der Waals surface area contributed by atoms with Crippen molar-refractivity contribution in [2.45, 2.75) is 13.5 Å². The number of nitrogens with one attached hydrogen (secondary N) is 2. The van der Waals surface area contributed by atoms with Gasteiger partial charge in [0.25, 0.3) is 0 Å². The molecule has 0 aliphatic heterocycles. The van der Waals surface area contributed by atoms with Crippen molar-refractivity contribution in [1.29, 1.82) is 0 Å². The first kappa shape index (κ1) is 12.4. The molecule has 1 aromatic carbocycles. The number of carbonyl (C=O) groups is 1. The maximum absolute atomic E-state index is 11.6. The average molecular weight is 262 g/mol. The van der Waals surface area contributed by atoms with E-state index >= 15 is 0 Å². The number of nitrogens with zero attached hydrogens (tertiary/aromatic N) is 1. The summed E-state index contributed by atoms with van der Waals surface area (Å²) in [4.78, 5) is 15.9. The number of nitrogens with two attached hydrogens (primary N) is 1. The Bertz CT molecular complexity index is 553. The van der Waals surface area contributed by atoms with Gasteiger partial charge in [-0.3, -0.25) is 0 Å². The number of aryl methyl sites for hydroxylation is 1. The van der Waals surface area contributed by atoms with Crippen LogP contribution in [0.1, 0.15) is 10.7 Å². The minimum absolute atomic E-state index is 0.270. The summed E-state index contributed by atoms with van der Waals surface area (Å²) in [5.41, 5.74) is 7.87. The third-order valence-corrected chi connectivity index (χ3v) is 3.18. The molecular formula is C12H14N4OS. The van der Waals surface area contributed by atoms with Crippen molar-refractivity contribution in [3.8, 4) is 0 Å². The van der Waals surface area contributed by atoms with Crippen molar-refractivity contribution in [2.75, 3.05) is 11.1 Å². The van der Waals surface area contributed by atoms with E-state index in [4.69, 9.17) is 5.73 Å². The Morgan fingerprint density at radius 2 is 2.33 bits per heavy atom. The van der Waals surface area contributed by atoms with Gasteiger partial charge in [0.05, 0.1) is 6.54 Å². The fourth-order valence-electron chi connectivity index (χ4n) is 1.43. The minimum atomic E-state index is -0.270. The lowest BCUT2D eigenvalue weighted by Crippen LogP contribution is -2.28. The van der Waals surface area contributed by atoms with Crippen molar-refractivity contribution in [2.24, 2.45) is 0 Å². The number of hydrogen-bond acceptors (Lipinski definition) is 4. The number of rotatable bonds is 3. The number of nitrogen functional groups attached to an aromatic ring is 1. The van der Waals surface area contributed by atoms with Crippen LogP contribution in [-0.2, 0) is 6.54 Å². The van der Waals surface area contributed by atoms with E-state index < -0.39 is 0 Å². The third kappa shape index (κ3) is 3.46. The van der Waals surface area contributed by atoms with Crippen LogP contribution in [-0.4, -0.2) is 11.0 Å². The molecule has 6 heteroatoms. The predicted octanol–water partition coefficient (Wildman–Crippen LogP) is 2.36. The molecule has 4 N–H and O–H groups in total. The summed E-state index contributed by atoms with van der Waals surface area (Å²) >= 11 is 1.53. The minimum Gasteiger partial charge on any atom is -0.399 e. The van der Waals surface area contributed by atoms with Crippen LogP contribution in [0.3, 0.4) is 0 Å². The third-order valence-electron chi connectivity index (χ3n) is 2.21. The Kier molecular flexibility index (Phi) is 3.78. The maximum atomic E-state index is 11.6. The number of carbonyl (C=O) groups excluding carboxylic acids is 1. The smallest absolute Gasteiger partial charge is 0.319 e. The first-order chi connectivity index (χ1) is 8.63. The second-order valence-electron chi connectivity index (χ2n) is 3.82. The van der Waals surface area contributed by atoms with Gasteiger partial charge in [0.2, 0.25) is 0 Å². The van der Waals surface area contributed by atoms with Crippen molar-refractivity contribution in [3.05, 3.63) is 40.3 Å². The van der Waals surface area contributed by atoms with Crippen molar-refractivity contribution < 1.29 is 4.79 Å². The highest BCUT2D eigenvalue weighted by Crippen LogP contribution is 2.12. The van der Waals surface area contributed by atoms with Gasteiger partial charge in [0.15, 0.2) is 0 Å². The number of urea groups is 1. The fraction of sp³-hybridized carbons (Fsp3) is 0.167. The summed E-state index contributed by atoms with van der Waals surface area (Å²) in [5.74, 6) is 0. The van der Waals surface area contributed by atoms with Crippen LogP contribution in [0.25, 0.3) is 0 Å². The van der Waals surface area contributed by atoms with Crippen LogP contribution in [0, 0.1) is 6.92 Å². The first-order valence-electron chi connectivity index (χ1n) is 5.45. The van der Waals surface area contributed by atoms with E-state index in [-0.39, 0.29) is 6.03 Å². The second kappa shape index (κ2) is 5.50. The van der Waals surface area contributed by atoms with E-state index in [9.17, 15) is 4.79 Å². The van der Waals surface area contributed by atoms with Crippen LogP contribution in [0.4, 0.5) is 16.2 Å². The number of aromatic nitrogens is 1. The van der Waals surface area contributed by atoms with E-state index in [1.165, 1.54) is 11.3 Å². The molecule has 0 fully saturated rings. The van der Waals surface area contributed by atoms with Gasteiger partial charge in [0.1, 0.15) is 5.01 Å². The van der Waals surface area contributed by atoms with E-state index in [0.29, 0.717) is 17.9 Å². The van der Waals surface area contributed by atoms with Crippen LogP contribution >= 0.6 is 11.3 Å². The highest BCUT2D eigenvalue weighted by molar-refractivity contribution is 7.09. The van der Waals surface area contributed by atoms with Crippen molar-refractivity contribution >= 4 is 28.7 Å². The molecule has 1 heterocycles. The summed E-state index contributed by atoms with van der Waals surface area (Å²) < 4.78 is 0. The Hall–Kier alpha value is -2.08. The summed E-state index contributed by atoms with van der Waals surface area (Å²) in [5, 5.41) is 8.28. The molecular weight excluding hydrogens is 248 g/mol. The molecule has 0 aliphatic rings. The van der Waals surface area contributed by atoms with Gasteiger partial charge in [-0.25, -0.2) is 9.78 Å². The lowest BCUT2D eigenvalue weighted by atomic mass is 10.3. The van der Waals surface area contributed by atoms with Gasteiger partial charge in [0, 0.05) is 22.4 Å². The Morgan fingerprint density at radius 1 is 1.50 bits per heavy atom. The standard InChI is InChI=1S/C12H14N4OS/c1-8-7-18-11(15-8)6-14-12(17)16-10-4-2-3-9(13)5-10/h2-5,7H,6,13H2,1H3,(H2,14,16,17). The molecule has 0 saturated carbocycles. The number of anilines is 2. The zero-order valence-electron chi connectivity index (χ0n) is 9.93. The highest BCUT2D eigenvalue weighted by atomic mass is 32.1. The molecule has 18 heavy (non-hydrogen) atoms. The summed E-state index contributed by atoms with van der Waals surface area (Å²) in [6, 6.07) is 6.76. The summed E-state index contributed by atoms with van der Waals surface area (Å²) in [6.07, 6.45) is 0. The van der Waals surface area contributed by atoms with Gasteiger partial charge in [-0.2, -0.15) is 0 Å². The molecule has 0 aliphatic carbocycles. The average Bonchev–Trinajstić information content (AvgIpc) is 2.73. The molecule has 2 rings (SSSR count). The zero-order chi connectivity index (χ0) is 13.0. The quantitative estimate of drug-likeness (QED) is 0.743. The second-order valence-corrected chi connectivity index (χ2v) is 4.76. The molecule has 5 nitrogen and oxygen atoms in total. The number of hydrogen-bond donors (Lipinski definition) is 3. The zero-order valence-corrected chi connectivity index (χ0v) is 10.8. The molecule has 2 aromatic rings. The SMILES string of the molecule is Cc1csc(CNC(=O)Nc2cccc(N)c2)n1. The largest absolute Gasteiger partial charge is 0.399 e. The number of thiazole rings is 1. The molecule has 94 valence electrons. The number of benzene rings is 1. The van der Waals surface area contributed by atoms with Crippen molar-refractivity contribution in [3.63, 3.8) is 0 Å². The van der Waals surface area contributed by atoms with Gasteiger partial charge in [-0.1, -0.05) is 6.07 Å². The topological polar surface area (TPSA) is 80.0 Å². The van der Waals surface area contributed by atoms with E-state index in [1.807, 2.05) is 12.3 Å². The van der Waals surface area contributed by atoms with Crippen LogP contribution in [0.5, 0.6) is 0 Å². The Labute approximate surface area is 109 Å². The van der Waals surface area contributed by atoms with Crippen LogP contribution in [0.2, 0.25) is 0 Å². The van der Waals surface area contributed by atoms with Crippen LogP contribution < -0.4 is 16.4 Å². The number of amides is 2. The van der Waals surface area contributed by atoms with Crippen molar-refractivity contribution in [1.82, 2.24) is 10.3 Å². The molecule has 0 unspecified atom stereocenters. The van der Waals surface area contributed by atoms with Gasteiger partial charge >= 0.3 is 6.03 Å². The molecule has 0 bridgehead atoms. The predicted molar refractivity (Wildman–Crippen MR) is 73.6 cm³/mol. The van der Waals surface area contributed by atoms with E-state index in [2.05, 4.69) is 15.6 Å². The first-order valence-corrected chi connectivity index (χ1v) is 6.33. The lowest BCUT2D eigenvalue weighted by molar-refractivity contribution is 0.251. The molecule has 0 radical (unpaired) electrons.